The third-order valence-electron chi connectivity index (χ3n) is 5.91. The molecule has 0 N–H and O–H groups in total. The first-order valence-electron chi connectivity index (χ1n) is 10.8. The first-order chi connectivity index (χ1) is 16.3. The predicted molar refractivity (Wildman–Crippen MR) is 119 cm³/mol. The molecule has 34 heavy (non-hydrogen) atoms. The van der Waals surface area contributed by atoms with Crippen LogP contribution >= 0.6 is 0 Å². The number of nitrogens with zero attached hydrogens (tertiary/aromatic N) is 4. The zero-order chi connectivity index (χ0) is 24.2. The van der Waals surface area contributed by atoms with Gasteiger partial charge in [0.1, 0.15) is 11.9 Å². The SMILES string of the molecule is O=C1CC(N(CCN2CCOCC2)C(=O)c2cccc([N+](=O)[O-])c2)C(=O)N1c1ccc(F)cc1. The van der Waals surface area contributed by atoms with Crippen LogP contribution in [0.2, 0.25) is 0 Å². The van der Waals surface area contributed by atoms with Gasteiger partial charge in [-0.2, -0.15) is 0 Å². The molecule has 1 unspecified atom stereocenters. The Hall–Kier alpha value is -3.70. The van der Waals surface area contributed by atoms with Crippen LogP contribution in [0.1, 0.15) is 16.8 Å². The Labute approximate surface area is 194 Å². The molecule has 0 radical (unpaired) electrons. The van der Waals surface area contributed by atoms with E-state index < -0.39 is 34.5 Å². The van der Waals surface area contributed by atoms with Crippen molar-refractivity contribution in [3.8, 4) is 0 Å². The predicted octanol–water partition coefficient (Wildman–Crippen LogP) is 1.84. The highest BCUT2D eigenvalue weighted by molar-refractivity contribution is 6.23. The summed E-state index contributed by atoms with van der Waals surface area (Å²) in [6.45, 7) is 3.02. The third-order valence-corrected chi connectivity index (χ3v) is 5.91. The van der Waals surface area contributed by atoms with Crippen molar-refractivity contribution in [2.24, 2.45) is 0 Å². The van der Waals surface area contributed by atoms with Gasteiger partial charge in [-0.1, -0.05) is 6.07 Å². The summed E-state index contributed by atoms with van der Waals surface area (Å²) in [5, 5.41) is 11.2. The van der Waals surface area contributed by atoms with Crippen LogP contribution in [0.3, 0.4) is 0 Å². The van der Waals surface area contributed by atoms with E-state index in [-0.39, 0.29) is 29.9 Å². The maximum atomic E-state index is 13.4. The lowest BCUT2D eigenvalue weighted by molar-refractivity contribution is -0.384. The average Bonchev–Trinajstić information content (AvgIpc) is 3.14. The number of hydrogen-bond acceptors (Lipinski definition) is 7. The van der Waals surface area contributed by atoms with Crippen LogP contribution in [0, 0.1) is 15.9 Å². The third kappa shape index (κ3) is 4.95. The largest absolute Gasteiger partial charge is 0.379 e. The van der Waals surface area contributed by atoms with Crippen LogP contribution in [0.5, 0.6) is 0 Å². The van der Waals surface area contributed by atoms with Crippen LogP contribution in [0.4, 0.5) is 15.8 Å². The number of non-ortho nitro benzene ring substituents is 1. The van der Waals surface area contributed by atoms with Gasteiger partial charge in [0, 0.05) is 43.9 Å². The monoisotopic (exact) mass is 470 g/mol. The number of nitro groups is 1. The topological polar surface area (TPSA) is 113 Å². The first-order valence-corrected chi connectivity index (χ1v) is 10.8. The van der Waals surface area contributed by atoms with Crippen LogP contribution in [0.25, 0.3) is 0 Å². The number of amides is 3. The molecule has 2 fully saturated rings. The van der Waals surface area contributed by atoms with Gasteiger partial charge in [-0.05, 0) is 30.3 Å². The lowest BCUT2D eigenvalue weighted by atomic mass is 10.1. The molecular formula is C23H23FN4O6. The quantitative estimate of drug-likeness (QED) is 0.345. The molecule has 0 aromatic heterocycles. The number of halogens is 1. The lowest BCUT2D eigenvalue weighted by Gasteiger charge is -2.32. The fourth-order valence-corrected chi connectivity index (χ4v) is 4.11. The van der Waals surface area contributed by atoms with E-state index in [1.54, 1.807) is 0 Å². The highest BCUT2D eigenvalue weighted by atomic mass is 19.1. The first kappa shape index (κ1) is 23.5. The zero-order valence-corrected chi connectivity index (χ0v) is 18.3. The van der Waals surface area contributed by atoms with Crippen LogP contribution in [-0.4, -0.2) is 77.9 Å². The Bertz CT molecular complexity index is 1100. The van der Waals surface area contributed by atoms with Crippen molar-refractivity contribution in [2.75, 3.05) is 44.3 Å². The van der Waals surface area contributed by atoms with E-state index in [1.807, 2.05) is 0 Å². The summed E-state index contributed by atoms with van der Waals surface area (Å²) in [6, 6.07) is 9.14. The maximum Gasteiger partial charge on any atom is 0.270 e. The van der Waals surface area contributed by atoms with Gasteiger partial charge in [0.2, 0.25) is 5.91 Å². The van der Waals surface area contributed by atoms with Gasteiger partial charge in [0.05, 0.1) is 30.2 Å². The Morgan fingerprint density at radius 2 is 1.85 bits per heavy atom. The van der Waals surface area contributed by atoms with Crippen molar-refractivity contribution in [3.05, 3.63) is 70.0 Å². The molecule has 11 heteroatoms. The van der Waals surface area contributed by atoms with Gasteiger partial charge in [-0.15, -0.1) is 0 Å². The summed E-state index contributed by atoms with van der Waals surface area (Å²) in [7, 11) is 0. The van der Waals surface area contributed by atoms with E-state index in [2.05, 4.69) is 4.90 Å². The van der Waals surface area contributed by atoms with E-state index in [0.717, 1.165) is 23.1 Å². The summed E-state index contributed by atoms with van der Waals surface area (Å²) < 4.78 is 18.7. The molecule has 3 amide bonds. The van der Waals surface area contributed by atoms with Crippen molar-refractivity contribution < 1.29 is 28.4 Å². The van der Waals surface area contributed by atoms with E-state index in [0.29, 0.717) is 32.8 Å². The van der Waals surface area contributed by atoms with Crippen molar-refractivity contribution in [2.45, 2.75) is 12.5 Å². The van der Waals surface area contributed by atoms with E-state index >= 15 is 0 Å². The van der Waals surface area contributed by atoms with Gasteiger partial charge in [0.15, 0.2) is 0 Å². The average molecular weight is 470 g/mol. The molecule has 1 atom stereocenters. The minimum atomic E-state index is -1.08. The van der Waals surface area contributed by atoms with Gasteiger partial charge < -0.3 is 9.64 Å². The van der Waals surface area contributed by atoms with E-state index in [1.165, 1.54) is 35.2 Å². The number of carbonyl (C=O) groups is 3. The Balaban J connectivity index is 1.61. The number of morpholine rings is 1. The van der Waals surface area contributed by atoms with Gasteiger partial charge in [-0.3, -0.25) is 29.4 Å². The van der Waals surface area contributed by atoms with Crippen molar-refractivity contribution >= 4 is 29.1 Å². The summed E-state index contributed by atoms with van der Waals surface area (Å²) in [5.74, 6) is -2.20. The molecule has 2 saturated heterocycles. The highest BCUT2D eigenvalue weighted by Gasteiger charge is 2.44. The number of ether oxygens (including phenoxy) is 1. The zero-order valence-electron chi connectivity index (χ0n) is 18.3. The molecule has 2 aliphatic heterocycles. The minimum Gasteiger partial charge on any atom is -0.379 e. The van der Waals surface area contributed by atoms with Gasteiger partial charge in [0.25, 0.3) is 17.5 Å². The van der Waals surface area contributed by atoms with Crippen molar-refractivity contribution in [3.63, 3.8) is 0 Å². The van der Waals surface area contributed by atoms with Crippen molar-refractivity contribution in [1.29, 1.82) is 0 Å². The number of anilines is 1. The Kier molecular flexibility index (Phi) is 6.94. The molecule has 2 aromatic carbocycles. The van der Waals surface area contributed by atoms with E-state index in [9.17, 15) is 28.9 Å². The molecule has 0 aliphatic carbocycles. The molecular weight excluding hydrogens is 447 g/mol. The number of rotatable bonds is 7. The fraction of sp³-hybridized carbons (Fsp3) is 0.348. The number of benzene rings is 2. The smallest absolute Gasteiger partial charge is 0.270 e. The molecule has 2 aliphatic rings. The molecule has 10 nitrogen and oxygen atoms in total. The van der Waals surface area contributed by atoms with Gasteiger partial charge >= 0.3 is 0 Å². The summed E-state index contributed by atoms with van der Waals surface area (Å²) in [6.07, 6.45) is -0.236. The highest BCUT2D eigenvalue weighted by Crippen LogP contribution is 2.27. The Morgan fingerprint density at radius 1 is 1.15 bits per heavy atom. The lowest BCUT2D eigenvalue weighted by Crippen LogP contribution is -2.49. The molecule has 4 rings (SSSR count). The summed E-state index contributed by atoms with van der Waals surface area (Å²) in [4.78, 5) is 54.4. The molecule has 0 spiro atoms. The minimum absolute atomic E-state index is 0.0525. The number of hydrogen-bond donors (Lipinski definition) is 0. The normalized spacial score (nSPS) is 18.9. The number of nitro benzene ring substituents is 1. The standard InChI is InChI=1S/C23H23FN4O6/c24-17-4-6-18(7-5-17)27-21(29)15-20(23(27)31)26(9-8-25-10-12-34-13-11-25)22(30)16-2-1-3-19(14-16)28(32)33/h1-7,14,20H,8-13,15H2. The molecule has 2 aromatic rings. The maximum absolute atomic E-state index is 13.4. The number of carbonyl (C=O) groups excluding carboxylic acids is 3. The second kappa shape index (κ2) is 10.1. The van der Waals surface area contributed by atoms with Crippen LogP contribution in [-0.2, 0) is 14.3 Å². The second-order valence-electron chi connectivity index (χ2n) is 8.02. The van der Waals surface area contributed by atoms with Crippen LogP contribution < -0.4 is 4.90 Å². The molecule has 2 heterocycles. The Morgan fingerprint density at radius 3 is 2.53 bits per heavy atom. The summed E-state index contributed by atoms with van der Waals surface area (Å²) in [5.41, 5.74) is 0.0206. The molecule has 0 bridgehead atoms. The molecule has 0 saturated carbocycles. The number of imide groups is 1. The molecule has 178 valence electrons. The fourth-order valence-electron chi connectivity index (χ4n) is 4.11. The van der Waals surface area contributed by atoms with Crippen LogP contribution in [0.15, 0.2) is 48.5 Å². The van der Waals surface area contributed by atoms with Gasteiger partial charge in [-0.25, -0.2) is 9.29 Å². The summed E-state index contributed by atoms with van der Waals surface area (Å²) >= 11 is 0. The van der Waals surface area contributed by atoms with Crippen molar-refractivity contribution in [1.82, 2.24) is 9.80 Å². The van der Waals surface area contributed by atoms with E-state index in [4.69, 9.17) is 4.74 Å². The second-order valence-corrected chi connectivity index (χ2v) is 8.02.